The lowest BCUT2D eigenvalue weighted by atomic mass is 9.89. The number of carbonyl (C=O) groups excluding carboxylic acids is 2. The molecule has 1 unspecified atom stereocenters. The first kappa shape index (κ1) is 51.5. The summed E-state index contributed by atoms with van der Waals surface area (Å²) in [4.78, 5) is 52.7. The molecule has 0 radical (unpaired) electrons. The number of carbonyl (C=O) groups is 2. The van der Waals surface area contributed by atoms with E-state index in [4.69, 9.17) is 23.8 Å². The molecule has 18 heteroatoms. The molecular weight excluding hydrogens is 762 g/mol. The predicted octanol–water partition coefficient (Wildman–Crippen LogP) is 5.40. The first-order valence-electron chi connectivity index (χ1n) is 19.6. The maximum Gasteiger partial charge on any atom is 0.472 e. The van der Waals surface area contributed by atoms with Gasteiger partial charge in [-0.15, -0.1) is 0 Å². The van der Waals surface area contributed by atoms with Crippen molar-refractivity contribution in [3.63, 3.8) is 0 Å². The molecule has 1 aliphatic rings. The molecule has 0 bridgehead atoms. The summed E-state index contributed by atoms with van der Waals surface area (Å²) in [5, 5.41) is 41.0. The molecule has 1 aliphatic carbocycles. The minimum absolute atomic E-state index is 0.0648. The summed E-state index contributed by atoms with van der Waals surface area (Å²) in [5.41, 5.74) is 0. The summed E-state index contributed by atoms with van der Waals surface area (Å²) in [6.07, 6.45) is 13.6. The van der Waals surface area contributed by atoms with E-state index in [1.165, 1.54) is 19.3 Å². The monoisotopic (exact) mass is 830 g/mol. The van der Waals surface area contributed by atoms with Crippen LogP contribution in [0.5, 0.6) is 0 Å². The van der Waals surface area contributed by atoms with Gasteiger partial charge in [0.05, 0.1) is 44.6 Å². The van der Waals surface area contributed by atoms with Gasteiger partial charge < -0.3 is 44.6 Å². The Morgan fingerprint density at radius 2 is 1.38 bits per heavy atom. The minimum Gasteiger partial charge on any atom is -0.461 e. The number of esters is 2. The van der Waals surface area contributed by atoms with Crippen molar-refractivity contribution in [2.45, 2.75) is 154 Å². The first-order valence-corrected chi connectivity index (χ1v) is 22.7. The second kappa shape index (κ2) is 28.8. The van der Waals surface area contributed by atoms with Crippen LogP contribution in [-0.4, -0.2) is 104 Å². The molecule has 322 valence electrons. The lowest BCUT2D eigenvalue weighted by Gasteiger charge is -2.20. The Bertz CT molecular complexity index is 1210. The Balaban J connectivity index is 2.68. The average Bonchev–Trinajstić information content (AvgIpc) is 3.38. The van der Waals surface area contributed by atoms with E-state index in [9.17, 15) is 44.0 Å². The topological polar surface area (TPSA) is 256 Å². The highest BCUT2D eigenvalue weighted by Gasteiger charge is 2.39. The molecule has 0 amide bonds. The van der Waals surface area contributed by atoms with E-state index >= 15 is 0 Å². The van der Waals surface area contributed by atoms with E-state index in [0.717, 1.165) is 44.9 Å². The number of unbranched alkanes of at least 4 members (excludes halogenated alkanes) is 8. The van der Waals surface area contributed by atoms with Crippen LogP contribution >= 0.6 is 15.6 Å². The van der Waals surface area contributed by atoms with Crippen LogP contribution in [0.25, 0.3) is 0 Å². The highest BCUT2D eigenvalue weighted by atomic mass is 31.2. The van der Waals surface area contributed by atoms with Crippen molar-refractivity contribution in [3.05, 3.63) is 24.3 Å². The van der Waals surface area contributed by atoms with Crippen molar-refractivity contribution in [3.8, 4) is 0 Å². The maximum atomic E-state index is 12.6. The second-order valence-corrected chi connectivity index (χ2v) is 17.4. The van der Waals surface area contributed by atoms with Crippen molar-refractivity contribution >= 4 is 27.6 Å². The number of allylic oxidation sites excluding steroid dienone is 1. The van der Waals surface area contributed by atoms with Gasteiger partial charge in [-0.25, -0.2) is 9.13 Å². The molecule has 0 spiro atoms. The van der Waals surface area contributed by atoms with E-state index in [1.807, 2.05) is 0 Å². The van der Waals surface area contributed by atoms with Crippen molar-refractivity contribution in [2.24, 2.45) is 17.8 Å². The highest BCUT2D eigenvalue weighted by molar-refractivity contribution is 7.47. The minimum atomic E-state index is -4.89. The van der Waals surface area contributed by atoms with Crippen LogP contribution in [0.3, 0.4) is 0 Å². The number of ether oxygens (including phenoxy) is 2. The molecule has 1 rings (SSSR count). The summed E-state index contributed by atoms with van der Waals surface area (Å²) < 4.78 is 47.5. The van der Waals surface area contributed by atoms with Gasteiger partial charge in [-0.3, -0.25) is 23.2 Å². The number of aliphatic hydroxyl groups is 4. The van der Waals surface area contributed by atoms with Crippen LogP contribution in [0.2, 0.25) is 0 Å². The largest absolute Gasteiger partial charge is 0.472 e. The Morgan fingerprint density at radius 1 is 0.764 bits per heavy atom. The molecule has 1 fully saturated rings. The van der Waals surface area contributed by atoms with Crippen molar-refractivity contribution in [2.75, 3.05) is 26.4 Å². The van der Waals surface area contributed by atoms with Gasteiger partial charge in [0.25, 0.3) is 0 Å². The Morgan fingerprint density at radius 3 is 2.04 bits per heavy atom. The maximum absolute atomic E-state index is 12.6. The number of hydrogen-bond acceptors (Lipinski definition) is 13. The van der Waals surface area contributed by atoms with E-state index < -0.39 is 84.5 Å². The molecule has 55 heavy (non-hydrogen) atoms. The van der Waals surface area contributed by atoms with Crippen LogP contribution in [0.15, 0.2) is 24.3 Å². The van der Waals surface area contributed by atoms with Crippen molar-refractivity contribution in [1.82, 2.24) is 0 Å². The molecule has 0 aromatic heterocycles. The van der Waals surface area contributed by atoms with Gasteiger partial charge in [0.2, 0.25) is 0 Å². The molecule has 0 aliphatic heterocycles. The van der Waals surface area contributed by atoms with Crippen LogP contribution < -0.4 is 0 Å². The fraction of sp³-hybridized carbons (Fsp3) is 0.838. The Kier molecular flexibility index (Phi) is 27.0. The Hall–Kier alpha value is -1.52. The quantitative estimate of drug-likeness (QED) is 0.0194. The molecule has 1 saturated carbocycles. The van der Waals surface area contributed by atoms with Gasteiger partial charge in [-0.1, -0.05) is 109 Å². The third-order valence-electron chi connectivity index (χ3n) is 9.11. The zero-order valence-corrected chi connectivity index (χ0v) is 34.6. The summed E-state index contributed by atoms with van der Waals surface area (Å²) in [6.45, 7) is 3.47. The average molecular weight is 831 g/mol. The van der Waals surface area contributed by atoms with E-state index in [2.05, 4.69) is 29.8 Å². The van der Waals surface area contributed by atoms with Gasteiger partial charge >= 0.3 is 27.6 Å². The van der Waals surface area contributed by atoms with Crippen LogP contribution in [0.1, 0.15) is 124 Å². The SMILES string of the molecule is CCCCC[C@@H](O)/C=C/[C@@H]1[C@H](C/C=C\CC(=O)OC[C@H](COP(=O)(O)OC[C@@H](O)COP(=O)(O)O)OC(=O)CCCCCCCCCC(C)C)[C@@H](O)C[C@H]1O. The number of aliphatic hydroxyl groups excluding tert-OH is 4. The highest BCUT2D eigenvalue weighted by Crippen LogP contribution is 2.44. The van der Waals surface area contributed by atoms with Gasteiger partial charge in [0.1, 0.15) is 12.7 Å². The van der Waals surface area contributed by atoms with Crippen LogP contribution in [0, 0.1) is 17.8 Å². The molecule has 7 N–H and O–H groups in total. The summed E-state index contributed by atoms with van der Waals surface area (Å²) in [6, 6.07) is 0. The number of rotatable bonds is 32. The third-order valence-corrected chi connectivity index (χ3v) is 10.5. The lowest BCUT2D eigenvalue weighted by molar-refractivity contribution is -0.160. The molecule has 16 nitrogen and oxygen atoms in total. The number of phosphoric acid groups is 2. The fourth-order valence-electron chi connectivity index (χ4n) is 6.03. The Labute approximate surface area is 326 Å². The first-order chi connectivity index (χ1) is 25.9. The van der Waals surface area contributed by atoms with E-state index in [1.54, 1.807) is 24.3 Å². The summed E-state index contributed by atoms with van der Waals surface area (Å²) in [7, 11) is -9.77. The van der Waals surface area contributed by atoms with Gasteiger partial charge in [-0.05, 0) is 31.1 Å². The lowest BCUT2D eigenvalue weighted by Crippen LogP contribution is -2.29. The number of phosphoric ester groups is 2. The molecule has 0 heterocycles. The standard InChI is InChI=1S/C37H68O16P2/c1-4-5-11-17-29(38)21-22-33-32(34(40)23-35(33)41)18-14-15-19-36(42)49-26-31(27-52-55(47,48)51-25-30(39)24-50-54(44,45)46)53-37(43)20-13-10-8-6-7-9-12-16-28(2)3/h14-15,21-22,28-35,38-41H,4-13,16-20,23-27H2,1-3H3,(H,47,48)(H2,44,45,46)/b15-14-,22-21+/t29-,30+,31-,32+,33-,34+,35-/m1/s1. The number of hydrogen-bond donors (Lipinski definition) is 7. The van der Waals surface area contributed by atoms with Gasteiger partial charge in [0.15, 0.2) is 6.10 Å². The van der Waals surface area contributed by atoms with Crippen LogP contribution in [-0.2, 0) is 41.8 Å². The zero-order valence-electron chi connectivity index (χ0n) is 32.8. The molecule has 8 atom stereocenters. The summed E-state index contributed by atoms with van der Waals surface area (Å²) in [5.74, 6) is -1.34. The molecular formula is C37H68O16P2. The van der Waals surface area contributed by atoms with Crippen molar-refractivity contribution < 1.29 is 76.9 Å². The van der Waals surface area contributed by atoms with Gasteiger partial charge in [0, 0.05) is 18.8 Å². The molecule has 0 aromatic rings. The van der Waals surface area contributed by atoms with E-state index in [-0.39, 0.29) is 31.1 Å². The third kappa shape index (κ3) is 26.9. The normalized spacial score (nSPS) is 21.9. The van der Waals surface area contributed by atoms with E-state index in [0.29, 0.717) is 25.2 Å². The van der Waals surface area contributed by atoms with Crippen LogP contribution in [0.4, 0.5) is 0 Å². The summed E-state index contributed by atoms with van der Waals surface area (Å²) >= 11 is 0. The smallest absolute Gasteiger partial charge is 0.461 e. The van der Waals surface area contributed by atoms with Gasteiger partial charge in [-0.2, -0.15) is 0 Å². The molecule has 0 saturated heterocycles. The molecule has 0 aromatic carbocycles. The fourth-order valence-corrected chi connectivity index (χ4v) is 7.19. The van der Waals surface area contributed by atoms with Crippen molar-refractivity contribution in [1.29, 1.82) is 0 Å². The second-order valence-electron chi connectivity index (χ2n) is 14.7. The zero-order chi connectivity index (χ0) is 41.3. The predicted molar refractivity (Wildman–Crippen MR) is 204 cm³/mol.